The van der Waals surface area contributed by atoms with Gasteiger partial charge in [-0.1, -0.05) is 24.8 Å². The van der Waals surface area contributed by atoms with Crippen LogP contribution in [0, 0.1) is 0 Å². The van der Waals surface area contributed by atoms with Crippen LogP contribution in [0.1, 0.15) is 18.9 Å². The van der Waals surface area contributed by atoms with Gasteiger partial charge in [-0.25, -0.2) is 0 Å². The standard InChI is InChI=1S/C20H21ClN2O2/c1-3-14(2)22-9-7-16(8-10-22)23-11-6-15(12-20(23)25)18-13-17(24)4-5-19(18)21/h3-6,11-13,16,24H,1-2,7-10H2. The number of aromatic nitrogens is 1. The first-order valence-electron chi connectivity index (χ1n) is 8.27. The first kappa shape index (κ1) is 17.4. The van der Waals surface area contributed by atoms with Crippen molar-refractivity contribution >= 4 is 11.6 Å². The van der Waals surface area contributed by atoms with E-state index in [0.717, 1.165) is 31.6 Å². The Hall–Kier alpha value is -2.46. The predicted molar refractivity (Wildman–Crippen MR) is 102 cm³/mol. The molecule has 0 amide bonds. The number of pyridine rings is 1. The summed E-state index contributed by atoms with van der Waals surface area (Å²) in [7, 11) is 0. The van der Waals surface area contributed by atoms with E-state index in [4.69, 9.17) is 11.6 Å². The quantitative estimate of drug-likeness (QED) is 0.834. The average Bonchev–Trinajstić information content (AvgIpc) is 2.63. The molecule has 1 aliphatic rings. The molecule has 25 heavy (non-hydrogen) atoms. The number of nitrogens with zero attached hydrogens (tertiary/aromatic N) is 2. The molecule has 0 radical (unpaired) electrons. The summed E-state index contributed by atoms with van der Waals surface area (Å²) in [5, 5.41) is 10.2. The van der Waals surface area contributed by atoms with Crippen molar-refractivity contribution in [2.75, 3.05) is 13.1 Å². The highest BCUT2D eigenvalue weighted by atomic mass is 35.5. The maximum atomic E-state index is 12.6. The largest absolute Gasteiger partial charge is 0.508 e. The zero-order valence-electron chi connectivity index (χ0n) is 14.0. The van der Waals surface area contributed by atoms with Gasteiger partial charge >= 0.3 is 0 Å². The van der Waals surface area contributed by atoms with Gasteiger partial charge in [0.05, 0.1) is 0 Å². The van der Waals surface area contributed by atoms with Crippen LogP contribution in [0.4, 0.5) is 0 Å². The molecule has 0 aliphatic carbocycles. The lowest BCUT2D eigenvalue weighted by atomic mass is 10.0. The van der Waals surface area contributed by atoms with Gasteiger partial charge in [-0.05, 0) is 48.7 Å². The van der Waals surface area contributed by atoms with Gasteiger partial charge < -0.3 is 14.6 Å². The average molecular weight is 357 g/mol. The molecule has 1 aromatic heterocycles. The number of likely N-dealkylation sites (tertiary alicyclic amines) is 1. The lowest BCUT2D eigenvalue weighted by Crippen LogP contribution is -2.36. The second kappa shape index (κ2) is 7.19. The van der Waals surface area contributed by atoms with E-state index in [2.05, 4.69) is 18.1 Å². The Labute approximate surface area is 152 Å². The molecule has 0 unspecified atom stereocenters. The molecule has 1 aromatic carbocycles. The molecule has 0 bridgehead atoms. The predicted octanol–water partition coefficient (Wildman–Crippen LogP) is 4.21. The molecular formula is C20H21ClN2O2. The van der Waals surface area contributed by atoms with Gasteiger partial charge in [0.2, 0.25) is 0 Å². The molecule has 1 aliphatic heterocycles. The molecule has 4 nitrogen and oxygen atoms in total. The van der Waals surface area contributed by atoms with Crippen LogP contribution in [0.2, 0.25) is 5.02 Å². The van der Waals surface area contributed by atoms with Crippen LogP contribution in [0.3, 0.4) is 0 Å². The van der Waals surface area contributed by atoms with Crippen molar-refractivity contribution in [1.29, 1.82) is 0 Å². The van der Waals surface area contributed by atoms with Gasteiger partial charge in [-0.2, -0.15) is 0 Å². The minimum atomic E-state index is -0.0575. The highest BCUT2D eigenvalue weighted by Crippen LogP contribution is 2.31. The first-order chi connectivity index (χ1) is 12.0. The summed E-state index contributed by atoms with van der Waals surface area (Å²) in [5.41, 5.74) is 2.24. The maximum Gasteiger partial charge on any atom is 0.251 e. The van der Waals surface area contributed by atoms with Crippen molar-refractivity contribution in [3.05, 3.63) is 76.8 Å². The van der Waals surface area contributed by atoms with Gasteiger partial charge in [0.15, 0.2) is 0 Å². The summed E-state index contributed by atoms with van der Waals surface area (Å²) >= 11 is 6.19. The molecule has 2 aromatic rings. The van der Waals surface area contributed by atoms with Gasteiger partial charge in [-0.15, -0.1) is 0 Å². The van der Waals surface area contributed by atoms with E-state index in [1.165, 1.54) is 6.07 Å². The van der Waals surface area contributed by atoms with E-state index in [-0.39, 0.29) is 17.4 Å². The first-order valence-corrected chi connectivity index (χ1v) is 8.65. The second-order valence-electron chi connectivity index (χ2n) is 6.24. The van der Waals surface area contributed by atoms with Crippen LogP contribution in [0.25, 0.3) is 11.1 Å². The third-order valence-electron chi connectivity index (χ3n) is 4.71. The zero-order chi connectivity index (χ0) is 18.0. The molecule has 5 heteroatoms. The van der Waals surface area contributed by atoms with Crippen molar-refractivity contribution in [2.45, 2.75) is 18.9 Å². The fourth-order valence-corrected chi connectivity index (χ4v) is 3.48. The van der Waals surface area contributed by atoms with Crippen LogP contribution in [0.15, 0.2) is 66.3 Å². The number of phenolic OH excluding ortho intramolecular Hbond substituents is 1. The van der Waals surface area contributed by atoms with E-state index < -0.39 is 0 Å². The minimum Gasteiger partial charge on any atom is -0.508 e. The fraction of sp³-hybridized carbons (Fsp3) is 0.250. The van der Waals surface area contributed by atoms with Crippen molar-refractivity contribution in [2.24, 2.45) is 0 Å². The normalized spacial score (nSPS) is 15.2. The molecular weight excluding hydrogens is 336 g/mol. The molecule has 1 N–H and O–H groups in total. The van der Waals surface area contributed by atoms with E-state index in [1.54, 1.807) is 28.8 Å². The number of rotatable bonds is 4. The number of halogens is 1. The van der Waals surface area contributed by atoms with E-state index >= 15 is 0 Å². The third kappa shape index (κ3) is 3.64. The summed E-state index contributed by atoms with van der Waals surface area (Å²) in [6.45, 7) is 9.46. The highest BCUT2D eigenvalue weighted by Gasteiger charge is 2.21. The smallest absolute Gasteiger partial charge is 0.251 e. The maximum absolute atomic E-state index is 12.6. The zero-order valence-corrected chi connectivity index (χ0v) is 14.7. The van der Waals surface area contributed by atoms with Crippen LogP contribution < -0.4 is 5.56 Å². The lowest BCUT2D eigenvalue weighted by Gasteiger charge is -2.34. The summed E-state index contributed by atoms with van der Waals surface area (Å²) in [5.74, 6) is 0.124. The van der Waals surface area contributed by atoms with E-state index in [0.29, 0.717) is 16.1 Å². The molecule has 1 saturated heterocycles. The van der Waals surface area contributed by atoms with Gasteiger partial charge in [0.25, 0.3) is 5.56 Å². The molecule has 2 heterocycles. The van der Waals surface area contributed by atoms with Crippen LogP contribution >= 0.6 is 11.6 Å². The summed E-state index contributed by atoms with van der Waals surface area (Å²) in [4.78, 5) is 14.8. The van der Waals surface area contributed by atoms with Crippen molar-refractivity contribution < 1.29 is 5.11 Å². The SMILES string of the molecule is C=CC(=C)N1CCC(n2ccc(-c3cc(O)ccc3Cl)cc2=O)CC1. The number of hydrogen-bond acceptors (Lipinski definition) is 3. The third-order valence-corrected chi connectivity index (χ3v) is 5.04. The number of phenols is 1. The van der Waals surface area contributed by atoms with E-state index in [9.17, 15) is 9.90 Å². The Balaban J connectivity index is 1.82. The van der Waals surface area contributed by atoms with Crippen LogP contribution in [0.5, 0.6) is 5.75 Å². The van der Waals surface area contributed by atoms with Crippen LogP contribution in [-0.4, -0.2) is 27.7 Å². The Morgan fingerprint density at radius 2 is 1.96 bits per heavy atom. The van der Waals surface area contributed by atoms with E-state index in [1.807, 2.05) is 12.3 Å². The number of aromatic hydroxyl groups is 1. The number of benzene rings is 1. The monoisotopic (exact) mass is 356 g/mol. The van der Waals surface area contributed by atoms with Crippen molar-refractivity contribution in [3.8, 4) is 16.9 Å². The molecule has 1 fully saturated rings. The summed E-state index contributed by atoms with van der Waals surface area (Å²) in [6.07, 6.45) is 5.36. The van der Waals surface area contributed by atoms with Gasteiger partial charge in [0, 0.05) is 47.7 Å². The van der Waals surface area contributed by atoms with Crippen LogP contribution in [-0.2, 0) is 0 Å². The number of allylic oxidation sites excluding steroid dienone is 1. The Bertz CT molecular complexity index is 864. The Morgan fingerprint density at radius 1 is 1.24 bits per heavy atom. The molecule has 0 saturated carbocycles. The summed E-state index contributed by atoms with van der Waals surface area (Å²) < 4.78 is 1.79. The number of hydrogen-bond donors (Lipinski definition) is 1. The number of piperidine rings is 1. The van der Waals surface area contributed by atoms with Crippen molar-refractivity contribution in [3.63, 3.8) is 0 Å². The molecule has 0 atom stereocenters. The fourth-order valence-electron chi connectivity index (χ4n) is 3.25. The second-order valence-corrected chi connectivity index (χ2v) is 6.65. The molecule has 0 spiro atoms. The lowest BCUT2D eigenvalue weighted by molar-refractivity contribution is 0.231. The topological polar surface area (TPSA) is 45.5 Å². The van der Waals surface area contributed by atoms with Gasteiger partial charge in [-0.3, -0.25) is 4.79 Å². The molecule has 130 valence electrons. The highest BCUT2D eigenvalue weighted by molar-refractivity contribution is 6.33. The van der Waals surface area contributed by atoms with Crippen molar-refractivity contribution in [1.82, 2.24) is 9.47 Å². The van der Waals surface area contributed by atoms with Gasteiger partial charge in [0.1, 0.15) is 5.75 Å². The molecule has 3 rings (SSSR count). The Kier molecular flexibility index (Phi) is 5.00. The Morgan fingerprint density at radius 3 is 2.60 bits per heavy atom. The summed E-state index contributed by atoms with van der Waals surface area (Å²) in [6, 6.07) is 8.35. The minimum absolute atomic E-state index is 0.0575.